The molecule has 6 nitrogen and oxygen atoms in total. The van der Waals surface area contributed by atoms with Crippen molar-refractivity contribution < 1.29 is 14.3 Å². The zero-order valence-corrected chi connectivity index (χ0v) is 12.4. The zero-order chi connectivity index (χ0) is 14.3. The average molecular weight is 297 g/mol. The van der Waals surface area contributed by atoms with Crippen LogP contribution in [0.15, 0.2) is 0 Å². The molecule has 20 heavy (non-hydrogen) atoms. The molecule has 1 amide bonds. The number of thiazole rings is 1. The number of nitrogens with zero attached hydrogens (tertiary/aromatic N) is 1. The lowest BCUT2D eigenvalue weighted by Gasteiger charge is -2.47. The van der Waals surface area contributed by atoms with Crippen molar-refractivity contribution in [1.82, 2.24) is 10.3 Å². The van der Waals surface area contributed by atoms with Crippen molar-refractivity contribution in [2.75, 3.05) is 26.1 Å². The number of aryl methyl sites for hydroxylation is 1. The van der Waals surface area contributed by atoms with Crippen LogP contribution in [0.3, 0.4) is 0 Å². The average Bonchev–Trinajstić information content (AvgIpc) is 2.97. The van der Waals surface area contributed by atoms with Crippen LogP contribution in [0.4, 0.5) is 5.13 Å². The molecule has 1 saturated heterocycles. The fourth-order valence-electron chi connectivity index (χ4n) is 3.28. The molecule has 1 aromatic rings. The number of nitrogens with one attached hydrogen (secondary N) is 1. The van der Waals surface area contributed by atoms with E-state index in [1.807, 2.05) is 0 Å². The van der Waals surface area contributed by atoms with Gasteiger partial charge < -0.3 is 20.5 Å². The molecule has 110 valence electrons. The van der Waals surface area contributed by atoms with E-state index in [-0.39, 0.29) is 24.0 Å². The molecule has 2 heterocycles. The summed E-state index contributed by atoms with van der Waals surface area (Å²) in [5.74, 6) is 0.555. The molecule has 1 saturated carbocycles. The van der Waals surface area contributed by atoms with Gasteiger partial charge >= 0.3 is 0 Å². The first-order valence-electron chi connectivity index (χ1n) is 6.76. The van der Waals surface area contributed by atoms with E-state index < -0.39 is 0 Å². The smallest absolute Gasteiger partial charge is 0.263 e. The number of nitrogens with two attached hydrogens (primary N) is 1. The number of carbonyl (C=O) groups excluding carboxylic acids is 1. The zero-order valence-electron chi connectivity index (χ0n) is 11.6. The van der Waals surface area contributed by atoms with Gasteiger partial charge in [-0.3, -0.25) is 4.79 Å². The number of rotatable bonds is 4. The molecule has 4 atom stereocenters. The predicted octanol–water partition coefficient (Wildman–Crippen LogP) is 0.813. The number of aromatic nitrogens is 1. The van der Waals surface area contributed by atoms with Crippen molar-refractivity contribution in [1.29, 1.82) is 0 Å². The fourth-order valence-corrected chi connectivity index (χ4v) is 4.02. The standard InChI is InChI=1S/C13H19N3O3S/c1-6-11(20-13(14)15-6)12(17)16-9-7-3-4-19-10(7)8(9)5-18-2/h7-10H,3-5H2,1-2H3,(H2,14,15)(H,16,17)/t7-,8-,9-,10-/m1/s1. The van der Waals surface area contributed by atoms with E-state index in [9.17, 15) is 4.79 Å². The highest BCUT2D eigenvalue weighted by Gasteiger charge is 2.54. The molecule has 0 bridgehead atoms. The summed E-state index contributed by atoms with van der Waals surface area (Å²) >= 11 is 1.23. The third-order valence-corrected chi connectivity index (χ3v) is 5.19. The van der Waals surface area contributed by atoms with Crippen molar-refractivity contribution >= 4 is 22.4 Å². The largest absolute Gasteiger partial charge is 0.384 e. The van der Waals surface area contributed by atoms with Crippen LogP contribution in [0.25, 0.3) is 0 Å². The molecule has 7 heteroatoms. The van der Waals surface area contributed by atoms with E-state index >= 15 is 0 Å². The van der Waals surface area contributed by atoms with Crippen LogP contribution in [0.2, 0.25) is 0 Å². The minimum atomic E-state index is -0.0897. The molecule has 0 spiro atoms. The highest BCUT2D eigenvalue weighted by molar-refractivity contribution is 7.17. The molecule has 2 fully saturated rings. The van der Waals surface area contributed by atoms with Crippen molar-refractivity contribution in [3.05, 3.63) is 10.6 Å². The summed E-state index contributed by atoms with van der Waals surface area (Å²) in [4.78, 5) is 17.0. The summed E-state index contributed by atoms with van der Waals surface area (Å²) in [5, 5.41) is 3.54. The molecule has 0 unspecified atom stereocenters. The number of hydrogen-bond acceptors (Lipinski definition) is 6. The van der Waals surface area contributed by atoms with E-state index in [1.165, 1.54) is 11.3 Å². The Hall–Kier alpha value is -1.18. The van der Waals surface area contributed by atoms with Crippen molar-refractivity contribution in [2.45, 2.75) is 25.5 Å². The molecule has 0 radical (unpaired) electrons. The monoisotopic (exact) mass is 297 g/mol. The SMILES string of the molecule is COC[C@@H]1[C@H](NC(=O)c2sc(N)nc2C)[C@H]2CCO[C@H]21. The number of hydrogen-bond donors (Lipinski definition) is 2. The van der Waals surface area contributed by atoms with E-state index in [2.05, 4.69) is 10.3 Å². The minimum absolute atomic E-state index is 0.0897. The van der Waals surface area contributed by atoms with Crippen LogP contribution in [0.1, 0.15) is 21.8 Å². The Bertz CT molecular complexity index is 519. The Morgan fingerprint density at radius 3 is 3.10 bits per heavy atom. The maximum Gasteiger partial charge on any atom is 0.263 e. The van der Waals surface area contributed by atoms with Gasteiger partial charge in [0.25, 0.3) is 5.91 Å². The number of carbonyl (C=O) groups is 1. The molecule has 1 aromatic heterocycles. The highest BCUT2D eigenvalue weighted by atomic mass is 32.1. The number of ether oxygens (including phenoxy) is 2. The molecule has 0 aromatic carbocycles. The van der Waals surface area contributed by atoms with Crippen LogP contribution in [-0.2, 0) is 9.47 Å². The Morgan fingerprint density at radius 2 is 2.45 bits per heavy atom. The Kier molecular flexibility index (Phi) is 3.66. The van der Waals surface area contributed by atoms with Crippen LogP contribution >= 0.6 is 11.3 Å². The minimum Gasteiger partial charge on any atom is -0.384 e. The second-order valence-electron chi connectivity index (χ2n) is 5.37. The van der Waals surface area contributed by atoms with E-state index in [0.29, 0.717) is 28.2 Å². The molecular formula is C13H19N3O3S. The van der Waals surface area contributed by atoms with Crippen molar-refractivity contribution in [3.8, 4) is 0 Å². The van der Waals surface area contributed by atoms with Gasteiger partial charge in [-0.05, 0) is 13.3 Å². The predicted molar refractivity (Wildman–Crippen MR) is 75.7 cm³/mol. The van der Waals surface area contributed by atoms with E-state index in [1.54, 1.807) is 14.0 Å². The third kappa shape index (κ3) is 2.19. The molecule has 2 aliphatic rings. The third-order valence-electron chi connectivity index (χ3n) is 4.20. The van der Waals surface area contributed by atoms with Gasteiger partial charge in [0.1, 0.15) is 4.88 Å². The summed E-state index contributed by atoms with van der Waals surface area (Å²) in [6.45, 7) is 3.18. The lowest BCUT2D eigenvalue weighted by Crippen LogP contribution is -2.62. The lowest BCUT2D eigenvalue weighted by atomic mass is 9.67. The normalized spacial score (nSPS) is 31.7. The number of amides is 1. The fraction of sp³-hybridized carbons (Fsp3) is 0.692. The summed E-state index contributed by atoms with van der Waals surface area (Å²) < 4.78 is 10.9. The van der Waals surface area contributed by atoms with E-state index in [4.69, 9.17) is 15.2 Å². The van der Waals surface area contributed by atoms with Crippen LogP contribution in [0.5, 0.6) is 0 Å². The highest BCUT2D eigenvalue weighted by Crippen LogP contribution is 2.44. The Labute approximate surface area is 121 Å². The van der Waals surface area contributed by atoms with Crippen LogP contribution in [0, 0.1) is 18.8 Å². The second kappa shape index (κ2) is 5.31. The van der Waals surface area contributed by atoms with E-state index in [0.717, 1.165) is 13.0 Å². The van der Waals surface area contributed by atoms with Gasteiger partial charge in [-0.1, -0.05) is 11.3 Å². The number of anilines is 1. The summed E-state index contributed by atoms with van der Waals surface area (Å²) in [6, 6.07) is 0.123. The molecule has 3 rings (SSSR count). The first-order valence-corrected chi connectivity index (χ1v) is 7.57. The van der Waals surface area contributed by atoms with Crippen molar-refractivity contribution in [2.24, 2.45) is 11.8 Å². The maximum absolute atomic E-state index is 12.3. The van der Waals surface area contributed by atoms with Crippen molar-refractivity contribution in [3.63, 3.8) is 0 Å². The van der Waals surface area contributed by atoms with Crippen LogP contribution < -0.4 is 11.1 Å². The molecular weight excluding hydrogens is 278 g/mol. The summed E-state index contributed by atoms with van der Waals surface area (Å²) in [7, 11) is 1.68. The molecule has 1 aliphatic carbocycles. The Balaban J connectivity index is 1.70. The quantitative estimate of drug-likeness (QED) is 0.859. The van der Waals surface area contributed by atoms with Gasteiger partial charge in [-0.15, -0.1) is 0 Å². The maximum atomic E-state index is 12.3. The number of methoxy groups -OCH3 is 1. The first-order chi connectivity index (χ1) is 9.61. The number of fused-ring (bicyclic) bond motifs is 1. The summed E-state index contributed by atoms with van der Waals surface area (Å²) in [6.07, 6.45) is 1.23. The molecule has 1 aliphatic heterocycles. The van der Waals surface area contributed by atoms with Gasteiger partial charge in [0.15, 0.2) is 5.13 Å². The van der Waals surface area contributed by atoms with Gasteiger partial charge in [0.2, 0.25) is 0 Å². The lowest BCUT2D eigenvalue weighted by molar-refractivity contribution is -0.0809. The second-order valence-corrected chi connectivity index (χ2v) is 6.40. The van der Waals surface area contributed by atoms with Gasteiger partial charge in [-0.25, -0.2) is 4.98 Å². The van der Waals surface area contributed by atoms with Gasteiger partial charge in [-0.2, -0.15) is 0 Å². The first kappa shape index (κ1) is 13.8. The van der Waals surface area contributed by atoms with Gasteiger partial charge in [0, 0.05) is 31.6 Å². The van der Waals surface area contributed by atoms with Crippen LogP contribution in [-0.4, -0.2) is 43.4 Å². The molecule has 3 N–H and O–H groups in total. The summed E-state index contributed by atoms with van der Waals surface area (Å²) in [5.41, 5.74) is 6.33. The Morgan fingerprint density at radius 1 is 1.65 bits per heavy atom. The topological polar surface area (TPSA) is 86.5 Å². The van der Waals surface area contributed by atoms with Gasteiger partial charge in [0.05, 0.1) is 18.4 Å². The number of nitrogen functional groups attached to an aromatic ring is 1.